The summed E-state index contributed by atoms with van der Waals surface area (Å²) >= 11 is 0. The fourth-order valence-electron chi connectivity index (χ4n) is 4.92. The van der Waals surface area contributed by atoms with Crippen molar-refractivity contribution in [3.63, 3.8) is 0 Å². The van der Waals surface area contributed by atoms with Crippen molar-refractivity contribution in [2.24, 2.45) is 11.8 Å². The molecule has 1 N–H and O–H groups in total. The fourth-order valence-corrected chi connectivity index (χ4v) is 4.92. The van der Waals surface area contributed by atoms with Crippen LogP contribution in [0.1, 0.15) is 30.5 Å². The molecule has 2 aromatic rings. The van der Waals surface area contributed by atoms with Gasteiger partial charge in [0.15, 0.2) is 0 Å². The van der Waals surface area contributed by atoms with E-state index in [1.165, 1.54) is 30.6 Å². The highest BCUT2D eigenvalue weighted by Crippen LogP contribution is 2.35. The largest absolute Gasteiger partial charge is 0.312 e. The average Bonchev–Trinajstić information content (AvgIpc) is 3.23. The van der Waals surface area contributed by atoms with Crippen LogP contribution in [0.3, 0.4) is 0 Å². The van der Waals surface area contributed by atoms with Crippen LogP contribution in [0.5, 0.6) is 0 Å². The molecule has 4 nitrogen and oxygen atoms in total. The molecule has 2 aliphatic rings. The third-order valence-corrected chi connectivity index (χ3v) is 6.38. The van der Waals surface area contributed by atoms with Crippen LogP contribution in [0.15, 0.2) is 54.9 Å². The van der Waals surface area contributed by atoms with E-state index in [4.69, 9.17) is 0 Å². The molecule has 0 amide bonds. The van der Waals surface area contributed by atoms with Crippen LogP contribution in [0.25, 0.3) is 0 Å². The zero-order chi connectivity index (χ0) is 18.6. The number of nitrogens with zero attached hydrogens (tertiary/aromatic N) is 3. The molecular weight excluding hydrogens is 332 g/mol. The average molecular weight is 365 g/mol. The molecule has 0 saturated carbocycles. The van der Waals surface area contributed by atoms with Gasteiger partial charge < -0.3 is 5.32 Å². The molecule has 0 unspecified atom stereocenters. The van der Waals surface area contributed by atoms with Crippen molar-refractivity contribution in [2.75, 3.05) is 33.2 Å². The third-order valence-electron chi connectivity index (χ3n) is 6.38. The molecule has 0 radical (unpaired) electrons. The molecule has 4 atom stereocenters. The van der Waals surface area contributed by atoms with Crippen molar-refractivity contribution in [1.82, 2.24) is 20.1 Å². The Balaban J connectivity index is 1.33. The van der Waals surface area contributed by atoms with Crippen LogP contribution in [-0.4, -0.2) is 54.1 Å². The first-order valence-electron chi connectivity index (χ1n) is 10.3. The Morgan fingerprint density at radius 2 is 1.96 bits per heavy atom. The second-order valence-electron chi connectivity index (χ2n) is 8.43. The van der Waals surface area contributed by atoms with Crippen molar-refractivity contribution >= 4 is 0 Å². The Bertz CT molecular complexity index is 705. The minimum atomic E-state index is 0.489. The van der Waals surface area contributed by atoms with Crippen molar-refractivity contribution in [3.05, 3.63) is 66.0 Å². The molecule has 2 aliphatic heterocycles. The minimum Gasteiger partial charge on any atom is -0.312 e. The van der Waals surface area contributed by atoms with E-state index in [-0.39, 0.29) is 0 Å². The fraction of sp³-hybridized carbons (Fsp3) is 0.522. The molecular formula is C23H32N4. The summed E-state index contributed by atoms with van der Waals surface area (Å²) in [6, 6.07) is 16.2. The first-order valence-corrected chi connectivity index (χ1v) is 10.3. The summed E-state index contributed by atoms with van der Waals surface area (Å²) in [5, 5.41) is 3.92. The lowest BCUT2D eigenvalue weighted by Gasteiger charge is -2.27. The molecule has 2 saturated heterocycles. The summed E-state index contributed by atoms with van der Waals surface area (Å²) in [7, 11) is 2.25. The van der Waals surface area contributed by atoms with Gasteiger partial charge in [-0.3, -0.25) is 14.8 Å². The van der Waals surface area contributed by atoms with E-state index in [9.17, 15) is 0 Å². The number of likely N-dealkylation sites (tertiary alicyclic amines) is 2. The monoisotopic (exact) mass is 364 g/mol. The normalized spacial score (nSPS) is 29.4. The van der Waals surface area contributed by atoms with Gasteiger partial charge >= 0.3 is 0 Å². The first kappa shape index (κ1) is 18.6. The third kappa shape index (κ3) is 4.40. The maximum Gasteiger partial charge on any atom is 0.0401 e. The lowest BCUT2D eigenvalue weighted by molar-refractivity contribution is 0.263. The Hall–Kier alpha value is -1.75. The van der Waals surface area contributed by atoms with Gasteiger partial charge in [0.05, 0.1) is 0 Å². The van der Waals surface area contributed by atoms with Gasteiger partial charge in [0.2, 0.25) is 0 Å². The van der Waals surface area contributed by atoms with Gasteiger partial charge in [-0.15, -0.1) is 0 Å². The number of rotatable bonds is 6. The van der Waals surface area contributed by atoms with Crippen LogP contribution in [0, 0.1) is 11.8 Å². The van der Waals surface area contributed by atoms with Crippen molar-refractivity contribution in [1.29, 1.82) is 0 Å². The van der Waals surface area contributed by atoms with Gasteiger partial charge in [-0.05, 0) is 49.0 Å². The van der Waals surface area contributed by atoms with Gasteiger partial charge in [0.25, 0.3) is 0 Å². The molecule has 4 rings (SSSR count). The van der Waals surface area contributed by atoms with Crippen molar-refractivity contribution in [2.45, 2.75) is 32.0 Å². The number of benzene rings is 1. The van der Waals surface area contributed by atoms with Crippen molar-refractivity contribution < 1.29 is 0 Å². The predicted molar refractivity (Wildman–Crippen MR) is 110 cm³/mol. The SMILES string of the molecule is C[C@H]1CN(Cc2ccccc2)C[C@H]1NC[C@@H]1CCN(C)[C@H]1c1cccnc1. The maximum absolute atomic E-state index is 4.34. The quantitative estimate of drug-likeness (QED) is 0.853. The number of pyridine rings is 1. The molecule has 0 spiro atoms. The topological polar surface area (TPSA) is 31.4 Å². The Kier molecular flexibility index (Phi) is 5.86. The summed E-state index contributed by atoms with van der Waals surface area (Å²) < 4.78 is 0. The van der Waals surface area contributed by atoms with E-state index in [1.54, 1.807) is 0 Å². The van der Waals surface area contributed by atoms with E-state index in [2.05, 4.69) is 76.5 Å². The standard InChI is InChI=1S/C23H32N4/c1-18-15-27(16-19-7-4-3-5-8-19)17-22(18)25-14-21-10-12-26(2)23(21)20-9-6-11-24-13-20/h3-9,11,13,18,21-23,25H,10,12,14-17H2,1-2H3/t18-,21-,22+,23-/m0/s1. The number of aromatic nitrogens is 1. The van der Waals surface area contributed by atoms with Gasteiger partial charge in [-0.1, -0.05) is 43.3 Å². The van der Waals surface area contributed by atoms with E-state index < -0.39 is 0 Å². The number of hydrogen-bond acceptors (Lipinski definition) is 4. The van der Waals surface area contributed by atoms with Gasteiger partial charge in [-0.2, -0.15) is 0 Å². The maximum atomic E-state index is 4.34. The van der Waals surface area contributed by atoms with Crippen LogP contribution < -0.4 is 5.32 Å². The van der Waals surface area contributed by atoms with E-state index in [1.807, 2.05) is 12.4 Å². The Morgan fingerprint density at radius 3 is 2.74 bits per heavy atom. The molecule has 2 fully saturated rings. The van der Waals surface area contributed by atoms with Crippen LogP contribution in [0.2, 0.25) is 0 Å². The predicted octanol–water partition coefficient (Wildman–Crippen LogP) is 3.18. The summed E-state index contributed by atoms with van der Waals surface area (Å²) in [6.45, 7) is 8.06. The summed E-state index contributed by atoms with van der Waals surface area (Å²) in [5.74, 6) is 1.36. The molecule has 4 heteroatoms. The summed E-state index contributed by atoms with van der Waals surface area (Å²) in [5.41, 5.74) is 2.77. The number of nitrogens with one attached hydrogen (secondary N) is 1. The molecule has 0 aliphatic carbocycles. The zero-order valence-electron chi connectivity index (χ0n) is 16.6. The molecule has 1 aromatic heterocycles. The highest BCUT2D eigenvalue weighted by atomic mass is 15.2. The molecule has 144 valence electrons. The van der Waals surface area contributed by atoms with E-state index >= 15 is 0 Å². The zero-order valence-corrected chi connectivity index (χ0v) is 16.6. The Labute approximate surface area is 163 Å². The Morgan fingerprint density at radius 1 is 1.11 bits per heavy atom. The summed E-state index contributed by atoms with van der Waals surface area (Å²) in [4.78, 5) is 9.43. The van der Waals surface area contributed by atoms with Gasteiger partial charge in [0.1, 0.15) is 0 Å². The van der Waals surface area contributed by atoms with E-state index in [0.29, 0.717) is 23.9 Å². The number of hydrogen-bond donors (Lipinski definition) is 1. The van der Waals surface area contributed by atoms with Crippen molar-refractivity contribution in [3.8, 4) is 0 Å². The van der Waals surface area contributed by atoms with E-state index in [0.717, 1.165) is 19.6 Å². The first-order chi connectivity index (χ1) is 13.2. The lowest BCUT2D eigenvalue weighted by atomic mass is 9.94. The smallest absolute Gasteiger partial charge is 0.0401 e. The molecule has 0 bridgehead atoms. The highest BCUT2D eigenvalue weighted by Gasteiger charge is 2.35. The van der Waals surface area contributed by atoms with Gasteiger partial charge in [0, 0.05) is 50.7 Å². The minimum absolute atomic E-state index is 0.489. The molecule has 1 aromatic carbocycles. The highest BCUT2D eigenvalue weighted by molar-refractivity contribution is 5.17. The molecule has 27 heavy (non-hydrogen) atoms. The lowest BCUT2D eigenvalue weighted by Crippen LogP contribution is -2.39. The second-order valence-corrected chi connectivity index (χ2v) is 8.43. The van der Waals surface area contributed by atoms with Gasteiger partial charge in [-0.25, -0.2) is 0 Å². The van der Waals surface area contributed by atoms with Crippen LogP contribution in [0.4, 0.5) is 0 Å². The van der Waals surface area contributed by atoms with Crippen LogP contribution in [-0.2, 0) is 6.54 Å². The molecule has 3 heterocycles. The summed E-state index contributed by atoms with van der Waals surface area (Å²) in [6.07, 6.45) is 5.17. The van der Waals surface area contributed by atoms with Crippen LogP contribution >= 0.6 is 0 Å². The second kappa shape index (κ2) is 8.51.